The van der Waals surface area contributed by atoms with Gasteiger partial charge in [-0.2, -0.15) is 4.31 Å². The lowest BCUT2D eigenvalue weighted by molar-refractivity contribution is -0.120. The second-order valence-corrected chi connectivity index (χ2v) is 6.71. The summed E-state index contributed by atoms with van der Waals surface area (Å²) in [5.74, 6) is 2.41. The average molecular weight is 358 g/mol. The van der Waals surface area contributed by atoms with Crippen LogP contribution in [0, 0.1) is 17.7 Å². The third kappa shape index (κ3) is 3.92. The first kappa shape index (κ1) is 16.9. The number of halogens is 1. The van der Waals surface area contributed by atoms with Gasteiger partial charge in [0, 0.05) is 15.9 Å². The van der Waals surface area contributed by atoms with Crippen molar-refractivity contribution in [2.75, 3.05) is 6.54 Å². The van der Waals surface area contributed by atoms with Gasteiger partial charge in [0.1, 0.15) is 5.78 Å². The fourth-order valence-electron chi connectivity index (χ4n) is 1.59. The predicted molar refractivity (Wildman–Crippen MR) is 81.9 cm³/mol. The maximum absolute atomic E-state index is 12.6. The summed E-state index contributed by atoms with van der Waals surface area (Å²) >= 11 is 2.93. The molecule has 0 radical (unpaired) electrons. The number of aryl methyl sites for hydroxylation is 1. The van der Waals surface area contributed by atoms with Crippen LogP contribution in [0.1, 0.15) is 19.4 Å². The Morgan fingerprint density at radius 1 is 1.35 bits per heavy atom. The monoisotopic (exact) mass is 357 g/mol. The van der Waals surface area contributed by atoms with Crippen molar-refractivity contribution in [3.8, 4) is 10.8 Å². The molecule has 4 nitrogen and oxygen atoms in total. The van der Waals surface area contributed by atoms with Gasteiger partial charge in [-0.15, -0.1) is 0 Å². The standard InChI is InChI=1S/C14H16BrNO3S/c1-11-5-7-14(8-6-11)20(18,19)16(10-4-9-15)12(2)13(3)17/h5-8,12H,10H2,1-3H3/t12-/m0/s1. The molecule has 108 valence electrons. The van der Waals surface area contributed by atoms with Crippen LogP contribution in [0.5, 0.6) is 0 Å². The maximum atomic E-state index is 12.6. The molecule has 0 aliphatic rings. The molecule has 20 heavy (non-hydrogen) atoms. The van der Waals surface area contributed by atoms with Gasteiger partial charge in [0.25, 0.3) is 0 Å². The van der Waals surface area contributed by atoms with Gasteiger partial charge >= 0.3 is 0 Å². The van der Waals surface area contributed by atoms with Crippen LogP contribution >= 0.6 is 15.9 Å². The summed E-state index contributed by atoms with van der Waals surface area (Å²) < 4.78 is 26.3. The third-order valence-corrected chi connectivity index (χ3v) is 5.16. The number of nitrogens with zero attached hydrogens (tertiary/aromatic N) is 1. The normalized spacial score (nSPS) is 12.7. The second kappa shape index (κ2) is 7.02. The van der Waals surface area contributed by atoms with Gasteiger partial charge in [0.2, 0.25) is 10.0 Å². The van der Waals surface area contributed by atoms with Crippen LogP contribution in [0.3, 0.4) is 0 Å². The first-order chi connectivity index (χ1) is 9.30. The highest BCUT2D eigenvalue weighted by atomic mass is 79.9. The number of sulfonamides is 1. The highest BCUT2D eigenvalue weighted by Gasteiger charge is 2.30. The van der Waals surface area contributed by atoms with Gasteiger partial charge in [-0.3, -0.25) is 4.79 Å². The molecule has 0 spiro atoms. The molecule has 0 aromatic heterocycles. The van der Waals surface area contributed by atoms with Gasteiger partial charge in [-0.25, -0.2) is 8.42 Å². The van der Waals surface area contributed by atoms with Crippen molar-refractivity contribution < 1.29 is 13.2 Å². The molecule has 0 bridgehead atoms. The van der Waals surface area contributed by atoms with Crippen molar-refractivity contribution in [1.82, 2.24) is 4.31 Å². The Hall–Kier alpha value is -1.16. The number of hydrogen-bond donors (Lipinski definition) is 0. The number of Topliss-reactive ketones (excluding diaryl/α,β-unsaturated/α-hetero) is 1. The molecule has 6 heteroatoms. The maximum Gasteiger partial charge on any atom is 0.244 e. The van der Waals surface area contributed by atoms with Crippen LogP contribution in [0.15, 0.2) is 29.2 Å². The molecular formula is C14H16BrNO3S. The van der Waals surface area contributed by atoms with Crippen molar-refractivity contribution in [2.24, 2.45) is 0 Å². The van der Waals surface area contributed by atoms with Gasteiger partial charge in [-0.05, 0) is 37.7 Å². The molecule has 0 heterocycles. The zero-order valence-electron chi connectivity index (χ0n) is 11.6. The Labute approximate surface area is 128 Å². The minimum Gasteiger partial charge on any atom is -0.298 e. The average Bonchev–Trinajstić information content (AvgIpc) is 2.39. The minimum atomic E-state index is -3.75. The molecule has 0 fully saturated rings. The molecule has 0 unspecified atom stereocenters. The molecular weight excluding hydrogens is 342 g/mol. The topological polar surface area (TPSA) is 54.5 Å². The molecule has 1 aromatic rings. The summed E-state index contributed by atoms with van der Waals surface area (Å²) in [6.45, 7) is 4.76. The Morgan fingerprint density at radius 2 is 1.90 bits per heavy atom. The highest BCUT2D eigenvalue weighted by Crippen LogP contribution is 2.19. The summed E-state index contributed by atoms with van der Waals surface area (Å²) in [5.41, 5.74) is 0.968. The van der Waals surface area contributed by atoms with E-state index in [-0.39, 0.29) is 17.2 Å². The Morgan fingerprint density at radius 3 is 2.35 bits per heavy atom. The summed E-state index contributed by atoms with van der Waals surface area (Å²) in [5, 5.41) is 0. The van der Waals surface area contributed by atoms with E-state index in [4.69, 9.17) is 0 Å². The fourth-order valence-corrected chi connectivity index (χ4v) is 3.26. The van der Waals surface area contributed by atoms with E-state index in [0.29, 0.717) is 0 Å². The van der Waals surface area contributed by atoms with E-state index in [2.05, 4.69) is 26.7 Å². The van der Waals surface area contributed by atoms with E-state index < -0.39 is 16.1 Å². The molecule has 0 amide bonds. The lowest BCUT2D eigenvalue weighted by Gasteiger charge is -2.24. The molecule has 0 aliphatic heterocycles. The van der Waals surface area contributed by atoms with Crippen LogP contribution in [-0.2, 0) is 14.8 Å². The van der Waals surface area contributed by atoms with Gasteiger partial charge in [0.05, 0.1) is 17.5 Å². The third-order valence-electron chi connectivity index (χ3n) is 2.95. The summed E-state index contributed by atoms with van der Waals surface area (Å²) in [4.78, 5) is 14.1. The molecule has 0 saturated carbocycles. The molecule has 0 saturated heterocycles. The predicted octanol–water partition coefficient (Wildman–Crippen LogP) is 2.32. The molecule has 1 rings (SSSR count). The first-order valence-electron chi connectivity index (χ1n) is 5.98. The van der Waals surface area contributed by atoms with Crippen molar-refractivity contribution in [1.29, 1.82) is 0 Å². The van der Waals surface area contributed by atoms with Gasteiger partial charge < -0.3 is 0 Å². The lowest BCUT2D eigenvalue weighted by Crippen LogP contribution is -2.42. The van der Waals surface area contributed by atoms with Crippen molar-refractivity contribution >= 4 is 31.7 Å². The molecule has 1 aromatic carbocycles. The number of benzene rings is 1. The molecule has 0 N–H and O–H groups in total. The Bertz CT molecular complexity index is 641. The van der Waals surface area contributed by atoms with Gasteiger partial charge in [0.15, 0.2) is 0 Å². The number of rotatable bonds is 5. The summed E-state index contributed by atoms with van der Waals surface area (Å²) in [6, 6.07) is 5.76. The smallest absolute Gasteiger partial charge is 0.244 e. The molecule has 0 aliphatic carbocycles. The van der Waals surface area contributed by atoms with E-state index in [1.54, 1.807) is 19.1 Å². The van der Waals surface area contributed by atoms with Crippen LogP contribution < -0.4 is 0 Å². The second-order valence-electron chi connectivity index (χ2n) is 4.42. The number of carbonyl (C=O) groups excluding carboxylic acids is 1. The van der Waals surface area contributed by atoms with Crippen LogP contribution in [0.2, 0.25) is 0 Å². The highest BCUT2D eigenvalue weighted by molar-refractivity contribution is 9.12. The number of ketones is 1. The Kier molecular flexibility index (Phi) is 5.93. The first-order valence-corrected chi connectivity index (χ1v) is 8.21. The summed E-state index contributed by atoms with van der Waals surface area (Å²) in [6.07, 6.45) is 0. The molecule has 1 atom stereocenters. The number of carbonyl (C=O) groups is 1. The van der Waals surface area contributed by atoms with Crippen LogP contribution in [0.25, 0.3) is 0 Å². The number of hydrogen-bond acceptors (Lipinski definition) is 3. The quantitative estimate of drug-likeness (QED) is 0.759. The van der Waals surface area contributed by atoms with Crippen molar-refractivity contribution in [3.05, 3.63) is 29.8 Å². The fraction of sp³-hybridized carbons (Fsp3) is 0.357. The zero-order chi connectivity index (χ0) is 15.3. The van der Waals surface area contributed by atoms with Crippen molar-refractivity contribution in [2.45, 2.75) is 31.7 Å². The lowest BCUT2D eigenvalue weighted by atomic mass is 10.2. The largest absolute Gasteiger partial charge is 0.298 e. The van der Waals surface area contributed by atoms with Crippen molar-refractivity contribution in [3.63, 3.8) is 0 Å². The summed E-state index contributed by atoms with van der Waals surface area (Å²) in [7, 11) is -3.75. The Balaban J connectivity index is 3.25. The van der Waals surface area contributed by atoms with E-state index in [1.165, 1.54) is 19.1 Å². The van der Waals surface area contributed by atoms with E-state index in [1.807, 2.05) is 6.92 Å². The van der Waals surface area contributed by atoms with Gasteiger partial charge in [-0.1, -0.05) is 23.6 Å². The van der Waals surface area contributed by atoms with Crippen LogP contribution in [0.4, 0.5) is 0 Å². The van der Waals surface area contributed by atoms with Crippen LogP contribution in [-0.4, -0.2) is 31.1 Å². The zero-order valence-corrected chi connectivity index (χ0v) is 14.0. The minimum absolute atomic E-state index is 0.0395. The van der Waals surface area contributed by atoms with E-state index >= 15 is 0 Å². The SMILES string of the molecule is CC(=O)[C@H](C)N(CC#CBr)S(=O)(=O)c1ccc(C)cc1. The van der Waals surface area contributed by atoms with E-state index in [0.717, 1.165) is 9.87 Å². The van der Waals surface area contributed by atoms with E-state index in [9.17, 15) is 13.2 Å².